The maximum Gasteiger partial charge on any atom is 0.496 e. The van der Waals surface area contributed by atoms with Gasteiger partial charge in [0.15, 0.2) is 0 Å². The average Bonchev–Trinajstić information content (AvgIpc) is 2.71. The lowest BCUT2D eigenvalue weighted by molar-refractivity contribution is 0.00578. The van der Waals surface area contributed by atoms with Gasteiger partial charge in [-0.1, -0.05) is 6.07 Å². The maximum atomic E-state index is 12.5. The lowest BCUT2D eigenvalue weighted by Gasteiger charge is -2.32. The van der Waals surface area contributed by atoms with Gasteiger partial charge in [-0.25, -0.2) is 4.79 Å². The highest BCUT2D eigenvalue weighted by Gasteiger charge is 2.52. The number of benzene rings is 1. The van der Waals surface area contributed by atoms with Crippen molar-refractivity contribution in [3.05, 3.63) is 17.7 Å². The molecule has 1 aromatic rings. The van der Waals surface area contributed by atoms with E-state index < -0.39 is 36.9 Å². The van der Waals surface area contributed by atoms with Crippen LogP contribution in [0, 0.1) is 6.85 Å². The monoisotopic (exact) mass is 366 g/mol. The van der Waals surface area contributed by atoms with Gasteiger partial charge in [0.05, 0.1) is 24.0 Å². The van der Waals surface area contributed by atoms with Crippen LogP contribution in [0.15, 0.2) is 12.1 Å². The Morgan fingerprint density at radius 1 is 1.19 bits per heavy atom. The van der Waals surface area contributed by atoms with Crippen molar-refractivity contribution in [2.45, 2.75) is 72.1 Å². The highest BCUT2D eigenvalue weighted by Crippen LogP contribution is 2.38. The third-order valence-corrected chi connectivity index (χ3v) is 4.55. The van der Waals surface area contributed by atoms with Gasteiger partial charge in [0.25, 0.3) is 0 Å². The predicted molar refractivity (Wildman–Crippen MR) is 103 cm³/mol. The Labute approximate surface area is 160 Å². The largest absolute Gasteiger partial charge is 0.496 e. The summed E-state index contributed by atoms with van der Waals surface area (Å²) in [6.07, 6.45) is -0.783. The Balaban J connectivity index is 2.61. The fourth-order valence-electron chi connectivity index (χ4n) is 2.48. The summed E-state index contributed by atoms with van der Waals surface area (Å²) in [5.41, 5.74) is -1.76. The molecule has 1 aliphatic rings. The topological polar surface area (TPSA) is 66.0 Å². The number of hydrogen-bond donors (Lipinski definition) is 1. The first kappa shape index (κ1) is 16.4. The lowest BCUT2D eigenvalue weighted by atomic mass is 9.76. The normalized spacial score (nSPS) is 20.8. The van der Waals surface area contributed by atoms with Gasteiger partial charge in [-0.2, -0.15) is 0 Å². The molecular formula is C19H30BNO5. The number of carbonyl (C=O) groups excluding carboxylic acids is 1. The SMILES string of the molecule is [2H]C([2H])([2H])c1c(OC)ccc(B2OC(C)(C)C(C)(C)O2)c1NC(=O)OC(C)(C)C. The molecule has 0 aliphatic carbocycles. The van der Waals surface area contributed by atoms with Gasteiger partial charge in [0.2, 0.25) is 0 Å². The fourth-order valence-corrected chi connectivity index (χ4v) is 2.48. The number of rotatable bonds is 3. The molecule has 0 aromatic heterocycles. The van der Waals surface area contributed by atoms with E-state index in [0.717, 1.165) is 0 Å². The Morgan fingerprint density at radius 2 is 1.77 bits per heavy atom. The zero-order valence-corrected chi connectivity index (χ0v) is 16.8. The van der Waals surface area contributed by atoms with Gasteiger partial charge in [-0.15, -0.1) is 0 Å². The number of ether oxygens (including phenoxy) is 2. The van der Waals surface area contributed by atoms with Gasteiger partial charge in [0.1, 0.15) is 11.4 Å². The van der Waals surface area contributed by atoms with Crippen molar-refractivity contribution < 1.29 is 27.7 Å². The second-order valence-corrected chi connectivity index (χ2v) is 8.32. The van der Waals surface area contributed by atoms with E-state index in [4.69, 9.17) is 22.9 Å². The van der Waals surface area contributed by atoms with Crippen LogP contribution < -0.4 is 15.5 Å². The molecule has 1 saturated heterocycles. The maximum absolute atomic E-state index is 12.5. The van der Waals surface area contributed by atoms with Crippen LogP contribution in [0.25, 0.3) is 0 Å². The summed E-state index contributed by atoms with van der Waals surface area (Å²) < 4.78 is 46.7. The van der Waals surface area contributed by atoms with Crippen LogP contribution in [0.4, 0.5) is 10.5 Å². The molecule has 0 bridgehead atoms. The van der Waals surface area contributed by atoms with E-state index in [1.807, 2.05) is 27.7 Å². The van der Waals surface area contributed by atoms with Crippen molar-refractivity contribution in [1.29, 1.82) is 0 Å². The lowest BCUT2D eigenvalue weighted by Crippen LogP contribution is -2.41. The molecule has 1 heterocycles. The third kappa shape index (κ3) is 4.15. The highest BCUT2D eigenvalue weighted by molar-refractivity contribution is 6.64. The van der Waals surface area contributed by atoms with Crippen molar-refractivity contribution in [2.75, 3.05) is 12.4 Å². The molecule has 0 spiro atoms. The molecule has 1 amide bonds. The van der Waals surface area contributed by atoms with Crippen molar-refractivity contribution >= 4 is 24.4 Å². The van der Waals surface area contributed by atoms with Gasteiger partial charge < -0.3 is 18.8 Å². The molecule has 1 aromatic carbocycles. The third-order valence-electron chi connectivity index (χ3n) is 4.55. The summed E-state index contributed by atoms with van der Waals surface area (Å²) in [6.45, 7) is 10.2. The molecule has 0 saturated carbocycles. The van der Waals surface area contributed by atoms with Gasteiger partial charge in [0, 0.05) is 15.1 Å². The van der Waals surface area contributed by atoms with Crippen LogP contribution in [0.1, 0.15) is 58.1 Å². The molecule has 1 fully saturated rings. The summed E-state index contributed by atoms with van der Waals surface area (Å²) in [6, 6.07) is 3.16. The van der Waals surface area contributed by atoms with Gasteiger partial charge in [-0.05, 0) is 61.4 Å². The number of anilines is 1. The zero-order valence-electron chi connectivity index (χ0n) is 19.8. The molecule has 1 aliphatic heterocycles. The van der Waals surface area contributed by atoms with Crippen LogP contribution in [-0.4, -0.2) is 37.1 Å². The van der Waals surface area contributed by atoms with Crippen LogP contribution in [0.2, 0.25) is 0 Å². The number of amides is 1. The summed E-state index contributed by atoms with van der Waals surface area (Å²) >= 11 is 0. The molecule has 7 heteroatoms. The molecule has 0 radical (unpaired) electrons. The minimum absolute atomic E-state index is 0.0390. The van der Waals surface area contributed by atoms with E-state index >= 15 is 0 Å². The Bertz CT molecular complexity index is 771. The molecule has 2 rings (SSSR count). The van der Waals surface area contributed by atoms with Crippen LogP contribution in [0.5, 0.6) is 5.75 Å². The molecule has 0 unspecified atom stereocenters. The summed E-state index contributed by atoms with van der Waals surface area (Å²) in [5, 5.41) is 2.59. The van der Waals surface area contributed by atoms with E-state index in [1.165, 1.54) is 13.2 Å². The van der Waals surface area contributed by atoms with Crippen LogP contribution >= 0.6 is 0 Å². The van der Waals surface area contributed by atoms with Crippen molar-refractivity contribution in [3.8, 4) is 5.75 Å². The van der Waals surface area contributed by atoms with E-state index in [1.54, 1.807) is 26.8 Å². The smallest absolute Gasteiger partial charge is 0.496 e. The molecule has 0 atom stereocenters. The van der Waals surface area contributed by atoms with Crippen LogP contribution in [-0.2, 0) is 14.0 Å². The highest BCUT2D eigenvalue weighted by atomic mass is 16.7. The van der Waals surface area contributed by atoms with E-state index in [2.05, 4.69) is 5.32 Å². The zero-order chi connectivity index (χ0) is 22.4. The molecule has 6 nitrogen and oxygen atoms in total. The predicted octanol–water partition coefficient (Wildman–Crippen LogP) is 3.65. The summed E-state index contributed by atoms with van der Waals surface area (Å²) in [4.78, 5) is 12.5. The van der Waals surface area contributed by atoms with Gasteiger partial charge in [-0.3, -0.25) is 5.32 Å². The molecular weight excluding hydrogens is 333 g/mol. The first-order valence-corrected chi connectivity index (χ1v) is 8.55. The van der Waals surface area contributed by atoms with Crippen molar-refractivity contribution in [3.63, 3.8) is 0 Å². The van der Waals surface area contributed by atoms with Crippen molar-refractivity contribution in [1.82, 2.24) is 0 Å². The molecule has 1 N–H and O–H groups in total. The Kier molecular flexibility index (Phi) is 4.29. The van der Waals surface area contributed by atoms with Crippen LogP contribution in [0.3, 0.4) is 0 Å². The summed E-state index contributed by atoms with van der Waals surface area (Å²) in [7, 11) is 0.493. The van der Waals surface area contributed by atoms with Crippen molar-refractivity contribution in [2.24, 2.45) is 0 Å². The minimum atomic E-state index is -2.56. The number of methoxy groups -OCH3 is 1. The minimum Gasteiger partial charge on any atom is -0.496 e. The quantitative estimate of drug-likeness (QED) is 0.828. The standard InChI is InChI=1S/C19H30BNO5/c1-12-14(23-9)11-10-13(15(12)21-16(22)24-17(2,3)4)20-25-18(5,6)19(7,8)26-20/h10-11H,1-9H3,(H,21,22)/i1D3. The number of carbonyl (C=O) groups is 1. The Hall–Kier alpha value is -1.73. The second kappa shape index (κ2) is 6.78. The first-order chi connectivity index (χ1) is 13.0. The molecule has 144 valence electrons. The summed E-state index contributed by atoms with van der Waals surface area (Å²) in [5.74, 6) is 0.122. The average molecular weight is 366 g/mol. The number of nitrogens with one attached hydrogen (secondary N) is 1. The van der Waals surface area contributed by atoms with E-state index in [0.29, 0.717) is 5.46 Å². The molecule has 26 heavy (non-hydrogen) atoms. The number of hydrogen-bond acceptors (Lipinski definition) is 5. The fraction of sp³-hybridized carbons (Fsp3) is 0.632. The first-order valence-electron chi connectivity index (χ1n) is 10.1. The van der Waals surface area contributed by atoms with Gasteiger partial charge >= 0.3 is 13.2 Å². The van der Waals surface area contributed by atoms with E-state index in [-0.39, 0.29) is 17.0 Å². The Morgan fingerprint density at radius 3 is 2.23 bits per heavy atom. The van der Waals surface area contributed by atoms with E-state index in [9.17, 15) is 4.79 Å². The second-order valence-electron chi connectivity index (χ2n) is 8.32.